The van der Waals surface area contributed by atoms with Gasteiger partial charge in [-0.2, -0.15) is 0 Å². The number of hydrogen-bond donors (Lipinski definition) is 2. The Hall–Kier alpha value is -3.51. The lowest BCUT2D eigenvalue weighted by Crippen LogP contribution is -2.22. The molecule has 0 saturated heterocycles. The molecular weight excluding hydrogens is 388 g/mol. The molecule has 4 aromatic rings. The smallest absolute Gasteiger partial charge is 0.326 e. The van der Waals surface area contributed by atoms with Gasteiger partial charge in [-0.25, -0.2) is 9.78 Å². The monoisotopic (exact) mass is 406 g/mol. The number of fused-ring (bicyclic) bond motifs is 1. The number of urea groups is 1. The molecule has 0 fully saturated rings. The zero-order valence-electron chi connectivity index (χ0n) is 15.7. The van der Waals surface area contributed by atoms with Gasteiger partial charge in [-0.3, -0.25) is 5.32 Å². The number of methoxy groups -OCH3 is 1. The van der Waals surface area contributed by atoms with E-state index in [-0.39, 0.29) is 0 Å². The molecule has 4 rings (SSSR count). The van der Waals surface area contributed by atoms with Crippen molar-refractivity contribution in [3.8, 4) is 5.75 Å². The van der Waals surface area contributed by atoms with Gasteiger partial charge >= 0.3 is 6.03 Å². The number of nitrogens with one attached hydrogen (secondary N) is 2. The largest absolute Gasteiger partial charge is 0.495 e. The van der Waals surface area contributed by atoms with Crippen molar-refractivity contribution in [2.45, 2.75) is 6.54 Å². The summed E-state index contributed by atoms with van der Waals surface area (Å²) in [5, 5.41) is 6.04. The lowest BCUT2D eigenvalue weighted by atomic mass is 10.2. The van der Waals surface area contributed by atoms with Gasteiger partial charge in [0.15, 0.2) is 0 Å². The van der Waals surface area contributed by atoms with Crippen molar-refractivity contribution in [1.29, 1.82) is 0 Å². The highest BCUT2D eigenvalue weighted by atomic mass is 35.5. The lowest BCUT2D eigenvalue weighted by molar-refractivity contribution is 0.262. The molecule has 0 aliphatic rings. The van der Waals surface area contributed by atoms with Crippen LogP contribution < -0.4 is 15.4 Å². The second-order valence-electron chi connectivity index (χ2n) is 6.42. The maximum atomic E-state index is 12.6. The number of benzene rings is 3. The summed E-state index contributed by atoms with van der Waals surface area (Å²) in [6.07, 6.45) is 0. The van der Waals surface area contributed by atoms with E-state index in [4.69, 9.17) is 16.3 Å². The molecule has 3 aromatic carbocycles. The van der Waals surface area contributed by atoms with E-state index < -0.39 is 6.03 Å². The van der Waals surface area contributed by atoms with Crippen LogP contribution in [0.4, 0.5) is 16.4 Å². The van der Waals surface area contributed by atoms with Gasteiger partial charge < -0.3 is 14.6 Å². The fraction of sp³-hybridized carbons (Fsp3) is 0.0909. The summed E-state index contributed by atoms with van der Waals surface area (Å²) in [6.45, 7) is 0.589. The standard InChI is InChI=1S/C22H19ClN4O2/c1-29-20-12-11-16(13-17(20)23)24-22(28)26-21-25-18-9-5-6-10-19(18)27(21)14-15-7-3-2-4-8-15/h2-13H,14H2,1H3,(H2,24,25,26,28). The van der Waals surface area contributed by atoms with E-state index >= 15 is 0 Å². The average molecular weight is 407 g/mol. The van der Waals surface area contributed by atoms with Gasteiger partial charge in [0.1, 0.15) is 5.75 Å². The van der Waals surface area contributed by atoms with Gasteiger partial charge in [-0.1, -0.05) is 54.1 Å². The Balaban J connectivity index is 1.59. The molecule has 0 aliphatic heterocycles. The number of nitrogens with zero attached hydrogens (tertiary/aromatic N) is 2. The quantitative estimate of drug-likeness (QED) is 0.467. The summed E-state index contributed by atoms with van der Waals surface area (Å²) >= 11 is 6.13. The number of hydrogen-bond acceptors (Lipinski definition) is 3. The highest BCUT2D eigenvalue weighted by Crippen LogP contribution is 2.27. The Morgan fingerprint density at radius 3 is 2.55 bits per heavy atom. The number of halogens is 1. The Kier molecular flexibility index (Phi) is 5.35. The second-order valence-corrected chi connectivity index (χ2v) is 6.83. The predicted octanol–water partition coefficient (Wildman–Crippen LogP) is 5.39. The Bertz CT molecular complexity index is 1160. The number of amides is 2. The van der Waals surface area contributed by atoms with Crippen LogP contribution in [-0.2, 0) is 6.54 Å². The van der Waals surface area contributed by atoms with E-state index in [0.717, 1.165) is 16.6 Å². The zero-order valence-corrected chi connectivity index (χ0v) is 16.5. The van der Waals surface area contributed by atoms with Gasteiger partial charge in [-0.15, -0.1) is 0 Å². The molecule has 2 N–H and O–H groups in total. The van der Waals surface area contributed by atoms with Crippen LogP contribution in [0.2, 0.25) is 5.02 Å². The molecular formula is C22H19ClN4O2. The minimum Gasteiger partial charge on any atom is -0.495 e. The fourth-order valence-electron chi connectivity index (χ4n) is 3.11. The highest BCUT2D eigenvalue weighted by Gasteiger charge is 2.14. The molecule has 6 nitrogen and oxygen atoms in total. The topological polar surface area (TPSA) is 68.2 Å². The van der Waals surface area contributed by atoms with E-state index in [9.17, 15) is 4.79 Å². The SMILES string of the molecule is COc1ccc(NC(=O)Nc2nc3ccccc3n2Cc2ccccc2)cc1Cl. The molecule has 146 valence electrons. The number of carbonyl (C=O) groups excluding carboxylic acids is 1. The van der Waals surface area contributed by atoms with Crippen LogP contribution in [-0.4, -0.2) is 22.7 Å². The molecule has 2 amide bonds. The van der Waals surface area contributed by atoms with Crippen molar-refractivity contribution in [1.82, 2.24) is 9.55 Å². The number of imidazole rings is 1. The third-order valence-corrected chi connectivity index (χ3v) is 4.77. The fourth-order valence-corrected chi connectivity index (χ4v) is 3.36. The van der Waals surface area contributed by atoms with Crippen LogP contribution >= 0.6 is 11.6 Å². The predicted molar refractivity (Wildman–Crippen MR) is 116 cm³/mol. The molecule has 1 heterocycles. The number of ether oxygens (including phenoxy) is 1. The maximum Gasteiger partial charge on any atom is 0.326 e. The summed E-state index contributed by atoms with van der Waals surface area (Å²) in [5.74, 6) is 1.01. The van der Waals surface area contributed by atoms with Crippen molar-refractivity contribution >= 4 is 40.3 Å². The summed E-state index contributed by atoms with van der Waals surface area (Å²) in [5.41, 5.74) is 3.42. The Labute approximate surface area is 173 Å². The minimum absolute atomic E-state index is 0.407. The molecule has 0 unspecified atom stereocenters. The van der Waals surface area contributed by atoms with E-state index in [1.807, 2.05) is 59.2 Å². The van der Waals surface area contributed by atoms with Crippen LogP contribution in [0, 0.1) is 0 Å². The van der Waals surface area contributed by atoms with Crippen LogP contribution in [0.25, 0.3) is 11.0 Å². The second kappa shape index (κ2) is 8.24. The maximum absolute atomic E-state index is 12.6. The molecule has 1 aromatic heterocycles. The molecule has 7 heteroatoms. The number of aromatic nitrogens is 2. The van der Waals surface area contributed by atoms with Gasteiger partial charge in [0, 0.05) is 5.69 Å². The van der Waals surface area contributed by atoms with Gasteiger partial charge in [0.05, 0.1) is 29.7 Å². The first-order valence-electron chi connectivity index (χ1n) is 9.05. The molecule has 0 bridgehead atoms. The van der Waals surface area contributed by atoms with Crippen molar-refractivity contribution in [2.24, 2.45) is 0 Å². The lowest BCUT2D eigenvalue weighted by Gasteiger charge is -2.12. The van der Waals surface area contributed by atoms with Crippen LogP contribution in [0.15, 0.2) is 72.8 Å². The minimum atomic E-state index is -0.407. The van der Waals surface area contributed by atoms with Gasteiger partial charge in [-0.05, 0) is 35.9 Å². The van der Waals surface area contributed by atoms with Crippen molar-refractivity contribution in [3.63, 3.8) is 0 Å². The molecule has 0 aliphatic carbocycles. The van der Waals surface area contributed by atoms with Crippen molar-refractivity contribution in [2.75, 3.05) is 17.7 Å². The molecule has 0 spiro atoms. The van der Waals surface area contributed by atoms with E-state index in [0.29, 0.717) is 29.0 Å². The van der Waals surface area contributed by atoms with E-state index in [1.54, 1.807) is 18.2 Å². The number of anilines is 2. The summed E-state index contributed by atoms with van der Waals surface area (Å²) in [4.78, 5) is 17.2. The van der Waals surface area contributed by atoms with Crippen LogP contribution in [0.3, 0.4) is 0 Å². The average Bonchev–Trinajstić information content (AvgIpc) is 3.06. The van der Waals surface area contributed by atoms with E-state index in [1.165, 1.54) is 7.11 Å². The first-order valence-corrected chi connectivity index (χ1v) is 9.42. The van der Waals surface area contributed by atoms with Crippen LogP contribution in [0.1, 0.15) is 5.56 Å². The molecule has 29 heavy (non-hydrogen) atoms. The summed E-state index contributed by atoms with van der Waals surface area (Å²) in [6, 6.07) is 22.4. The van der Waals surface area contributed by atoms with Crippen molar-refractivity contribution in [3.05, 3.63) is 83.4 Å². The first-order chi connectivity index (χ1) is 14.1. The van der Waals surface area contributed by atoms with Crippen LogP contribution in [0.5, 0.6) is 5.75 Å². The Morgan fingerprint density at radius 1 is 1.03 bits per heavy atom. The number of para-hydroxylation sites is 2. The number of carbonyl (C=O) groups is 1. The first kappa shape index (κ1) is 18.8. The van der Waals surface area contributed by atoms with Gasteiger partial charge in [0.2, 0.25) is 5.95 Å². The number of rotatable bonds is 5. The normalized spacial score (nSPS) is 10.7. The summed E-state index contributed by atoms with van der Waals surface area (Å²) in [7, 11) is 1.54. The third kappa shape index (κ3) is 4.17. The highest BCUT2D eigenvalue weighted by molar-refractivity contribution is 6.32. The third-order valence-electron chi connectivity index (χ3n) is 4.47. The summed E-state index contributed by atoms with van der Waals surface area (Å²) < 4.78 is 7.11. The Morgan fingerprint density at radius 2 is 1.79 bits per heavy atom. The molecule has 0 atom stereocenters. The van der Waals surface area contributed by atoms with Gasteiger partial charge in [0.25, 0.3) is 0 Å². The molecule has 0 saturated carbocycles. The van der Waals surface area contributed by atoms with E-state index in [2.05, 4.69) is 15.6 Å². The zero-order chi connectivity index (χ0) is 20.2. The van der Waals surface area contributed by atoms with Crippen molar-refractivity contribution < 1.29 is 9.53 Å². The molecule has 0 radical (unpaired) electrons.